The molecule has 6 aliphatic heterocycles. The maximum atomic E-state index is 11.2. The fourth-order valence-corrected chi connectivity index (χ4v) is 11.1. The summed E-state index contributed by atoms with van der Waals surface area (Å²) in [6.45, 7) is -7.12. The highest BCUT2D eigenvalue weighted by molar-refractivity contribution is 5.02. The van der Waals surface area contributed by atoms with E-state index in [2.05, 4.69) is 30.9 Å². The van der Waals surface area contributed by atoms with Crippen molar-refractivity contribution in [1.29, 1.82) is 0 Å². The fourth-order valence-electron chi connectivity index (χ4n) is 11.1. The molecule has 6 fully saturated rings. The van der Waals surface area contributed by atoms with Gasteiger partial charge in [-0.2, -0.15) is 0 Å². The average molecular weight is 1340 g/mol. The van der Waals surface area contributed by atoms with Crippen molar-refractivity contribution >= 4 is 0 Å². The molecule has 524 valence electrons. The number of nitrogens with zero attached hydrogens (tertiary/aromatic N) is 9. The lowest BCUT2D eigenvalue weighted by Gasteiger charge is -2.45. The standard InChI is InChI=1S/C49H80N10O33/c50-49(13-81-10-16-1-57(54-51-16)43-34(75)31(72)40(22(7-63)84-43)90-46-37(78)28(69)25(66)19(4-60)87-46,14-82-11-17-2-58(55-52-17)44-35(76)32(73)41(23(8-64)85-44)91-47-38(79)29(70)26(67)20(5-61)88-47)15-83-12-18-3-59(56-53-18)45-36(77)33(74)42(24(9-65)86-45)92-48-39(80)30(71)27(68)21(6-62)89-48/h1-3,19-48,60-80H,4-15,50H2/t19-,20-,21-,22-,23-,24-,25+,26+,27+,28+,29+,30+,31-,32-,33+,34-,35+,36-,37+,38-,39+,40-,41-,42+,43-,44-,45+,46+,47+,48+,49?/m1/s1. The summed E-state index contributed by atoms with van der Waals surface area (Å²) in [6.07, 6.45) is -47.0. The largest absolute Gasteiger partial charge is 0.394 e. The molecule has 0 amide bonds. The molecule has 0 saturated carbocycles. The molecule has 23 N–H and O–H groups in total. The lowest BCUT2D eigenvalue weighted by molar-refractivity contribution is -0.347. The molecule has 31 atom stereocenters. The molecule has 0 radical (unpaired) electrons. The third-order valence-corrected chi connectivity index (χ3v) is 16.3. The van der Waals surface area contributed by atoms with Crippen molar-refractivity contribution in [3.63, 3.8) is 0 Å². The van der Waals surface area contributed by atoms with E-state index >= 15 is 0 Å². The molecule has 43 heteroatoms. The summed E-state index contributed by atoms with van der Waals surface area (Å²) in [5.41, 5.74) is 5.53. The topological polar surface area (TPSA) is 654 Å². The monoisotopic (exact) mass is 1340 g/mol. The Bertz CT molecular complexity index is 2440. The van der Waals surface area contributed by atoms with E-state index < -0.39 is 249 Å². The van der Waals surface area contributed by atoms with Crippen molar-refractivity contribution in [2.75, 3.05) is 59.5 Å². The second kappa shape index (κ2) is 31.5. The van der Waals surface area contributed by atoms with Gasteiger partial charge in [-0.3, -0.25) is 0 Å². The highest BCUT2D eigenvalue weighted by Crippen LogP contribution is 2.37. The molecule has 92 heavy (non-hydrogen) atoms. The average Bonchev–Trinajstić information content (AvgIpc) is 1.45. The Kier molecular flexibility index (Phi) is 24.8. The Morgan fingerprint density at radius 3 is 0.826 bits per heavy atom. The van der Waals surface area contributed by atoms with Gasteiger partial charge in [0.2, 0.25) is 0 Å². The molecule has 3 aromatic rings. The summed E-state index contributed by atoms with van der Waals surface area (Å²) >= 11 is 0. The molecule has 1 unspecified atom stereocenters. The number of aromatic nitrogens is 9. The third-order valence-electron chi connectivity index (χ3n) is 16.3. The highest BCUT2D eigenvalue weighted by Gasteiger charge is 2.55. The van der Waals surface area contributed by atoms with Crippen LogP contribution in [0.15, 0.2) is 18.6 Å². The van der Waals surface area contributed by atoms with Crippen LogP contribution in [0.5, 0.6) is 0 Å². The van der Waals surface area contributed by atoms with Gasteiger partial charge in [0.05, 0.1) is 103 Å². The van der Waals surface area contributed by atoms with Crippen LogP contribution in [-0.2, 0) is 76.7 Å². The number of hydrogen-bond donors (Lipinski definition) is 22. The van der Waals surface area contributed by atoms with E-state index in [9.17, 15) is 107 Å². The summed E-state index contributed by atoms with van der Waals surface area (Å²) in [5, 5.41) is 243. The first-order chi connectivity index (χ1) is 43.9. The van der Waals surface area contributed by atoms with Gasteiger partial charge in [-0.25, -0.2) is 14.0 Å². The quantitative estimate of drug-likeness (QED) is 0.0337. The van der Waals surface area contributed by atoms with Gasteiger partial charge in [-0.1, -0.05) is 15.6 Å². The predicted molar refractivity (Wildman–Crippen MR) is 281 cm³/mol. The minimum absolute atomic E-state index is 0.0906. The Hall–Kier alpha value is -3.94. The van der Waals surface area contributed by atoms with Gasteiger partial charge in [0.25, 0.3) is 0 Å². The summed E-state index contributed by atoms with van der Waals surface area (Å²) in [4.78, 5) is 0. The highest BCUT2D eigenvalue weighted by atomic mass is 16.7. The fraction of sp³-hybridized carbons (Fsp3) is 0.878. The second-order valence-corrected chi connectivity index (χ2v) is 23.0. The maximum absolute atomic E-state index is 11.2. The maximum Gasteiger partial charge on any atom is 0.187 e. The smallest absolute Gasteiger partial charge is 0.187 e. The Balaban J connectivity index is 0.838. The zero-order valence-electron chi connectivity index (χ0n) is 48.4. The van der Waals surface area contributed by atoms with E-state index in [0.29, 0.717) is 0 Å². The van der Waals surface area contributed by atoms with Crippen LogP contribution >= 0.6 is 0 Å². The van der Waals surface area contributed by atoms with Crippen LogP contribution in [0, 0.1) is 0 Å². The number of aliphatic hydroxyl groups is 21. The molecule has 9 heterocycles. The molecule has 0 spiro atoms. The first-order valence-corrected chi connectivity index (χ1v) is 28.9. The second-order valence-electron chi connectivity index (χ2n) is 23.0. The summed E-state index contributed by atoms with van der Waals surface area (Å²) < 4.78 is 71.4. The van der Waals surface area contributed by atoms with E-state index in [0.717, 1.165) is 14.0 Å². The van der Waals surface area contributed by atoms with Gasteiger partial charge in [0.1, 0.15) is 164 Å². The van der Waals surface area contributed by atoms with Crippen LogP contribution in [0.3, 0.4) is 0 Å². The minimum atomic E-state index is -1.90. The Labute approximate surface area is 518 Å². The third kappa shape index (κ3) is 15.6. The zero-order chi connectivity index (χ0) is 66.6. The molecule has 0 aliphatic carbocycles. The number of rotatable bonds is 27. The number of ether oxygens (including phenoxy) is 12. The molecule has 0 bridgehead atoms. The van der Waals surface area contributed by atoms with Crippen molar-refractivity contribution in [1.82, 2.24) is 45.0 Å². The number of aliphatic hydroxyl groups excluding tert-OH is 21. The van der Waals surface area contributed by atoms with Crippen molar-refractivity contribution < 1.29 is 164 Å². The lowest BCUT2D eigenvalue weighted by Crippen LogP contribution is -2.63. The van der Waals surface area contributed by atoms with Gasteiger partial charge >= 0.3 is 0 Å². The van der Waals surface area contributed by atoms with Crippen LogP contribution in [-0.4, -0.2) is 383 Å². The van der Waals surface area contributed by atoms with Gasteiger partial charge in [0, 0.05) is 0 Å². The van der Waals surface area contributed by atoms with Crippen molar-refractivity contribution in [3.05, 3.63) is 35.7 Å². The molecule has 0 aromatic carbocycles. The van der Waals surface area contributed by atoms with Gasteiger partial charge in [-0.15, -0.1) is 15.3 Å². The van der Waals surface area contributed by atoms with Gasteiger partial charge in [-0.05, 0) is 0 Å². The number of nitrogens with two attached hydrogens (primary N) is 1. The van der Waals surface area contributed by atoms with Crippen molar-refractivity contribution in [3.8, 4) is 0 Å². The normalized spacial score (nSPS) is 42.8. The van der Waals surface area contributed by atoms with Crippen LogP contribution in [0.4, 0.5) is 0 Å². The summed E-state index contributed by atoms with van der Waals surface area (Å²) in [6, 6.07) is 0. The van der Waals surface area contributed by atoms with Crippen LogP contribution in [0.1, 0.15) is 35.8 Å². The van der Waals surface area contributed by atoms with Crippen LogP contribution < -0.4 is 5.73 Å². The van der Waals surface area contributed by atoms with Gasteiger partial charge in [0.15, 0.2) is 37.6 Å². The van der Waals surface area contributed by atoms with E-state index in [-0.39, 0.29) is 36.9 Å². The van der Waals surface area contributed by atoms with E-state index in [4.69, 9.17) is 62.6 Å². The molecule has 9 rings (SSSR count). The number of hydrogen-bond acceptors (Lipinski definition) is 40. The Morgan fingerprint density at radius 1 is 0.337 bits per heavy atom. The van der Waals surface area contributed by atoms with Crippen LogP contribution in [0.25, 0.3) is 0 Å². The Morgan fingerprint density at radius 2 is 0.587 bits per heavy atom. The minimum Gasteiger partial charge on any atom is -0.394 e. The van der Waals surface area contributed by atoms with Crippen LogP contribution in [0.2, 0.25) is 0 Å². The lowest BCUT2D eigenvalue weighted by atomic mass is 9.96. The molecule has 43 nitrogen and oxygen atoms in total. The SMILES string of the molecule is NC(COCc1cn([C@@H]2O[C@H](CO)[C@@H](O[C@@H]3O[C@H](CO)[C@H](O)[C@H](O)[C@@H]3O)[C@H](O)[C@H]2O)nn1)(COCc1cn([C@@H]2O[C@H](CO)[C@@H](O[C@@H]3O[C@H](CO)[C@H](O)[C@H](O)[C@H]3O)[C@H](O)[C@@H]2O)nn1)COCc1cn([C@H]2O[C@H](CO)[C@H](O[C@@H]3O[C@H](CO)[C@H](O)[C@H](O)[C@@H]3O)[C@@H](O)[C@H]2O)nn1. The molecular formula is C49H80N10O33. The van der Waals surface area contributed by atoms with E-state index in [1.54, 1.807) is 0 Å². The zero-order valence-corrected chi connectivity index (χ0v) is 48.4. The van der Waals surface area contributed by atoms with E-state index in [1.165, 1.54) is 18.6 Å². The summed E-state index contributed by atoms with van der Waals surface area (Å²) in [5.74, 6) is 0. The summed E-state index contributed by atoms with van der Waals surface area (Å²) in [7, 11) is 0. The van der Waals surface area contributed by atoms with E-state index in [1.807, 2.05) is 0 Å². The first kappa shape index (κ1) is 72.3. The molecule has 3 aromatic heterocycles. The molecule has 6 aliphatic rings. The first-order valence-electron chi connectivity index (χ1n) is 28.9. The predicted octanol–water partition coefficient (Wildman–Crippen LogP) is -15.5. The molecule has 6 saturated heterocycles. The van der Waals surface area contributed by atoms with Gasteiger partial charge < -0.3 is 170 Å². The van der Waals surface area contributed by atoms with Crippen molar-refractivity contribution in [2.24, 2.45) is 5.73 Å². The molecular weight excluding hydrogens is 1260 g/mol. The van der Waals surface area contributed by atoms with Crippen molar-refractivity contribution in [2.45, 2.75) is 209 Å².